The van der Waals surface area contributed by atoms with Gasteiger partial charge in [0.2, 0.25) is 0 Å². The Bertz CT molecular complexity index is 601. The van der Waals surface area contributed by atoms with Crippen molar-refractivity contribution in [3.8, 4) is 11.5 Å². The number of furan rings is 1. The van der Waals surface area contributed by atoms with Crippen LogP contribution < -0.4 is 14.8 Å². The second kappa shape index (κ2) is 7.19. The van der Waals surface area contributed by atoms with Gasteiger partial charge in [0.25, 0.3) is 5.91 Å². The maximum atomic E-state index is 11.7. The molecule has 0 saturated heterocycles. The lowest BCUT2D eigenvalue weighted by Crippen LogP contribution is -2.22. The molecule has 5 nitrogen and oxygen atoms in total. The minimum Gasteiger partial charge on any atom is -0.497 e. The summed E-state index contributed by atoms with van der Waals surface area (Å²) in [6, 6.07) is 10.6. The minimum absolute atomic E-state index is 0.251. The van der Waals surface area contributed by atoms with Crippen LogP contribution in [0.4, 0.5) is 0 Å². The van der Waals surface area contributed by atoms with Crippen LogP contribution in [0.5, 0.6) is 11.5 Å². The average Bonchev–Trinajstić information content (AvgIpc) is 3.00. The molecule has 110 valence electrons. The summed E-state index contributed by atoms with van der Waals surface area (Å²) in [5, 5.41) is 2.64. The van der Waals surface area contributed by atoms with Crippen LogP contribution in [-0.2, 0) is 6.61 Å². The highest BCUT2D eigenvalue weighted by Gasteiger charge is 2.10. The first-order valence-electron chi connectivity index (χ1n) is 6.47. The molecule has 2 aromatic rings. The maximum Gasteiger partial charge on any atom is 0.287 e. The van der Waals surface area contributed by atoms with Crippen molar-refractivity contribution >= 4 is 5.91 Å². The zero-order chi connectivity index (χ0) is 15.1. The van der Waals surface area contributed by atoms with E-state index in [9.17, 15) is 4.79 Å². The van der Waals surface area contributed by atoms with Gasteiger partial charge in [-0.15, -0.1) is 6.58 Å². The van der Waals surface area contributed by atoms with Gasteiger partial charge in [0, 0.05) is 6.54 Å². The minimum atomic E-state index is -0.273. The van der Waals surface area contributed by atoms with Crippen molar-refractivity contribution in [1.29, 1.82) is 0 Å². The molecule has 0 bridgehead atoms. The Morgan fingerprint density at radius 1 is 1.24 bits per heavy atom. The van der Waals surface area contributed by atoms with E-state index in [4.69, 9.17) is 13.9 Å². The number of ether oxygens (including phenoxy) is 2. The zero-order valence-electron chi connectivity index (χ0n) is 11.8. The largest absolute Gasteiger partial charge is 0.497 e. The zero-order valence-corrected chi connectivity index (χ0v) is 11.8. The fourth-order valence-electron chi connectivity index (χ4n) is 1.66. The molecule has 0 unspecified atom stereocenters. The van der Waals surface area contributed by atoms with Crippen LogP contribution in [0.15, 0.2) is 53.5 Å². The normalized spacial score (nSPS) is 9.95. The van der Waals surface area contributed by atoms with E-state index < -0.39 is 0 Å². The number of hydrogen-bond acceptors (Lipinski definition) is 4. The van der Waals surface area contributed by atoms with Crippen molar-refractivity contribution in [1.82, 2.24) is 5.32 Å². The molecule has 0 atom stereocenters. The first-order chi connectivity index (χ1) is 10.2. The van der Waals surface area contributed by atoms with E-state index in [-0.39, 0.29) is 18.3 Å². The molecule has 0 fully saturated rings. The summed E-state index contributed by atoms with van der Waals surface area (Å²) in [4.78, 5) is 11.7. The molecule has 2 rings (SSSR count). The molecule has 0 radical (unpaired) electrons. The number of benzene rings is 1. The monoisotopic (exact) mass is 287 g/mol. The van der Waals surface area contributed by atoms with Gasteiger partial charge in [0.1, 0.15) is 23.9 Å². The van der Waals surface area contributed by atoms with Crippen LogP contribution in [0.1, 0.15) is 16.3 Å². The van der Waals surface area contributed by atoms with E-state index in [0.29, 0.717) is 18.1 Å². The molecule has 1 heterocycles. The van der Waals surface area contributed by atoms with Crippen LogP contribution in [0.2, 0.25) is 0 Å². The summed E-state index contributed by atoms with van der Waals surface area (Å²) < 4.78 is 16.0. The summed E-state index contributed by atoms with van der Waals surface area (Å²) in [7, 11) is 1.61. The Morgan fingerprint density at radius 2 is 1.95 bits per heavy atom. The number of methoxy groups -OCH3 is 1. The second-order valence-electron chi connectivity index (χ2n) is 4.23. The van der Waals surface area contributed by atoms with Crippen molar-refractivity contribution in [2.45, 2.75) is 6.61 Å². The summed E-state index contributed by atoms with van der Waals surface area (Å²) in [6.07, 6.45) is 1.61. The molecule has 21 heavy (non-hydrogen) atoms. The molecule has 1 N–H and O–H groups in total. The van der Waals surface area contributed by atoms with E-state index in [0.717, 1.165) is 5.75 Å². The Morgan fingerprint density at radius 3 is 2.62 bits per heavy atom. The van der Waals surface area contributed by atoms with E-state index in [1.807, 2.05) is 12.1 Å². The third kappa shape index (κ3) is 4.14. The fraction of sp³-hybridized carbons (Fsp3) is 0.188. The van der Waals surface area contributed by atoms with Gasteiger partial charge in [-0.3, -0.25) is 4.79 Å². The van der Waals surface area contributed by atoms with Crippen LogP contribution in [0.25, 0.3) is 0 Å². The number of rotatable bonds is 7. The highest BCUT2D eigenvalue weighted by Crippen LogP contribution is 2.18. The summed E-state index contributed by atoms with van der Waals surface area (Å²) >= 11 is 0. The lowest BCUT2D eigenvalue weighted by molar-refractivity contribution is 0.0926. The van der Waals surface area contributed by atoms with Crippen LogP contribution >= 0.6 is 0 Å². The quantitative estimate of drug-likeness (QED) is 0.795. The Balaban J connectivity index is 1.89. The van der Waals surface area contributed by atoms with Crippen molar-refractivity contribution in [2.75, 3.05) is 13.7 Å². The molecular weight excluding hydrogens is 270 g/mol. The number of amides is 1. The first kappa shape index (κ1) is 14.7. The second-order valence-corrected chi connectivity index (χ2v) is 4.23. The van der Waals surface area contributed by atoms with Gasteiger partial charge in [-0.1, -0.05) is 6.08 Å². The summed E-state index contributed by atoms with van der Waals surface area (Å²) in [6.45, 7) is 4.18. The van der Waals surface area contributed by atoms with E-state index >= 15 is 0 Å². The van der Waals surface area contributed by atoms with Crippen LogP contribution in [0.3, 0.4) is 0 Å². The third-order valence-electron chi connectivity index (χ3n) is 2.73. The SMILES string of the molecule is C=CCNC(=O)c1ccc(COc2ccc(OC)cc2)o1. The molecule has 0 aliphatic rings. The van der Waals surface area contributed by atoms with Gasteiger partial charge < -0.3 is 19.2 Å². The van der Waals surface area contributed by atoms with Crippen molar-refractivity contribution in [2.24, 2.45) is 0 Å². The standard InChI is InChI=1S/C16H17NO4/c1-3-10-17-16(18)15-9-8-14(21-15)11-20-13-6-4-12(19-2)5-7-13/h3-9H,1,10-11H2,2H3,(H,17,18). The van der Waals surface area contributed by atoms with Gasteiger partial charge in [-0.25, -0.2) is 0 Å². The fourth-order valence-corrected chi connectivity index (χ4v) is 1.66. The molecule has 0 saturated carbocycles. The molecule has 1 aromatic carbocycles. The van der Waals surface area contributed by atoms with Crippen LogP contribution in [0, 0.1) is 0 Å². The Kier molecular flexibility index (Phi) is 5.04. The van der Waals surface area contributed by atoms with Crippen molar-refractivity contribution < 1.29 is 18.7 Å². The number of carbonyl (C=O) groups is 1. The number of nitrogens with one attached hydrogen (secondary N) is 1. The van der Waals surface area contributed by atoms with E-state index in [1.54, 1.807) is 37.5 Å². The Labute approximate surface area is 123 Å². The van der Waals surface area contributed by atoms with Gasteiger partial charge in [0.05, 0.1) is 7.11 Å². The van der Waals surface area contributed by atoms with Crippen molar-refractivity contribution in [3.63, 3.8) is 0 Å². The first-order valence-corrected chi connectivity index (χ1v) is 6.47. The molecule has 0 spiro atoms. The number of carbonyl (C=O) groups excluding carboxylic acids is 1. The molecule has 5 heteroatoms. The highest BCUT2D eigenvalue weighted by molar-refractivity contribution is 5.91. The van der Waals surface area contributed by atoms with E-state index in [1.165, 1.54) is 0 Å². The van der Waals surface area contributed by atoms with Crippen molar-refractivity contribution in [3.05, 3.63) is 60.6 Å². The topological polar surface area (TPSA) is 60.7 Å². The van der Waals surface area contributed by atoms with Gasteiger partial charge in [0.15, 0.2) is 5.76 Å². The predicted octanol–water partition coefficient (Wildman–Crippen LogP) is 2.78. The lowest BCUT2D eigenvalue weighted by Gasteiger charge is -2.05. The predicted molar refractivity (Wildman–Crippen MR) is 78.6 cm³/mol. The van der Waals surface area contributed by atoms with Crippen LogP contribution in [-0.4, -0.2) is 19.6 Å². The number of hydrogen-bond donors (Lipinski definition) is 1. The third-order valence-corrected chi connectivity index (χ3v) is 2.73. The van der Waals surface area contributed by atoms with Gasteiger partial charge >= 0.3 is 0 Å². The molecular formula is C16H17NO4. The molecule has 1 amide bonds. The lowest BCUT2D eigenvalue weighted by atomic mass is 10.3. The highest BCUT2D eigenvalue weighted by atomic mass is 16.5. The molecule has 0 aliphatic heterocycles. The molecule has 0 aliphatic carbocycles. The van der Waals surface area contributed by atoms with Gasteiger partial charge in [-0.2, -0.15) is 0 Å². The molecule has 1 aromatic heterocycles. The maximum absolute atomic E-state index is 11.7. The Hall–Kier alpha value is -2.69. The summed E-state index contributed by atoms with van der Waals surface area (Å²) in [5.41, 5.74) is 0. The smallest absolute Gasteiger partial charge is 0.287 e. The summed E-state index contributed by atoms with van der Waals surface area (Å²) in [5.74, 6) is 2.02. The van der Waals surface area contributed by atoms with E-state index in [2.05, 4.69) is 11.9 Å². The average molecular weight is 287 g/mol. The van der Waals surface area contributed by atoms with Gasteiger partial charge in [-0.05, 0) is 36.4 Å².